The summed E-state index contributed by atoms with van der Waals surface area (Å²) in [6, 6.07) is 0. The van der Waals surface area contributed by atoms with E-state index >= 15 is 0 Å². The van der Waals surface area contributed by atoms with E-state index in [0.29, 0.717) is 25.3 Å². The van der Waals surface area contributed by atoms with Crippen LogP contribution in [0.3, 0.4) is 0 Å². The average molecular weight is 347 g/mol. The Hall–Kier alpha value is -1.50. The van der Waals surface area contributed by atoms with E-state index in [0.717, 1.165) is 35.9 Å². The Morgan fingerprint density at radius 1 is 1.46 bits per heavy atom. The Kier molecular flexibility index (Phi) is 5.48. The van der Waals surface area contributed by atoms with Gasteiger partial charge in [-0.2, -0.15) is 0 Å². The molecule has 0 bridgehead atoms. The van der Waals surface area contributed by atoms with Gasteiger partial charge in [0.2, 0.25) is 0 Å². The Morgan fingerprint density at radius 3 is 3.04 bits per heavy atom. The molecule has 24 heavy (non-hydrogen) atoms. The number of hydrogen-bond donors (Lipinski definition) is 2. The summed E-state index contributed by atoms with van der Waals surface area (Å²) in [4.78, 5) is 24.3. The largest absolute Gasteiger partial charge is 0.392 e. The van der Waals surface area contributed by atoms with E-state index in [-0.39, 0.29) is 5.56 Å². The maximum atomic E-state index is 12.5. The van der Waals surface area contributed by atoms with Crippen LogP contribution < -0.4 is 5.56 Å². The summed E-state index contributed by atoms with van der Waals surface area (Å²) < 4.78 is 0. The molecule has 0 saturated carbocycles. The van der Waals surface area contributed by atoms with Gasteiger partial charge in [0.05, 0.1) is 18.0 Å². The molecule has 5 nitrogen and oxygen atoms in total. The van der Waals surface area contributed by atoms with E-state index in [9.17, 15) is 9.90 Å². The number of likely N-dealkylation sites (N-methyl/N-ethyl adjacent to an activating group) is 1. The molecule has 0 spiro atoms. The van der Waals surface area contributed by atoms with Crippen LogP contribution in [0.4, 0.5) is 0 Å². The molecule has 2 aromatic heterocycles. The van der Waals surface area contributed by atoms with Crippen molar-refractivity contribution in [2.24, 2.45) is 0 Å². The summed E-state index contributed by atoms with van der Waals surface area (Å²) in [7, 11) is 1.93. The van der Waals surface area contributed by atoms with Crippen LogP contribution in [0, 0.1) is 0 Å². The number of rotatable bonds is 7. The number of aromatic nitrogens is 2. The Bertz CT molecular complexity index is 780. The topological polar surface area (TPSA) is 69.2 Å². The lowest BCUT2D eigenvalue weighted by atomic mass is 9.97. The molecule has 0 aromatic carbocycles. The van der Waals surface area contributed by atoms with Gasteiger partial charge < -0.3 is 10.1 Å². The predicted octanol–water partition coefficient (Wildman–Crippen LogP) is 2.62. The molecular formula is C18H25N3O2S. The number of thiophene rings is 1. The molecule has 2 aromatic rings. The normalized spacial score (nSPS) is 15.6. The molecule has 2 heterocycles. The fraction of sp³-hybridized carbons (Fsp3) is 0.556. The first-order chi connectivity index (χ1) is 11.6. The van der Waals surface area contributed by atoms with Crippen molar-refractivity contribution in [2.75, 3.05) is 13.6 Å². The summed E-state index contributed by atoms with van der Waals surface area (Å²) in [6.45, 7) is 4.75. The van der Waals surface area contributed by atoms with Crippen LogP contribution in [-0.4, -0.2) is 39.7 Å². The van der Waals surface area contributed by atoms with Crippen LogP contribution in [0.1, 0.15) is 41.9 Å². The molecule has 1 unspecified atom stereocenters. The molecule has 130 valence electrons. The number of aliphatic hydroxyl groups is 1. The Balaban J connectivity index is 1.76. The summed E-state index contributed by atoms with van der Waals surface area (Å²) in [5, 5.41) is 10.8. The minimum absolute atomic E-state index is 0.0185. The monoisotopic (exact) mass is 347 g/mol. The lowest BCUT2D eigenvalue weighted by molar-refractivity contribution is 0.115. The molecule has 1 aliphatic rings. The highest BCUT2D eigenvalue weighted by atomic mass is 32.1. The molecule has 0 amide bonds. The van der Waals surface area contributed by atoms with Gasteiger partial charge in [-0.3, -0.25) is 9.69 Å². The first-order valence-corrected chi connectivity index (χ1v) is 9.41. The van der Waals surface area contributed by atoms with Gasteiger partial charge >= 0.3 is 0 Å². The third-order valence-corrected chi connectivity index (χ3v) is 5.71. The van der Waals surface area contributed by atoms with Gasteiger partial charge in [-0.25, -0.2) is 4.98 Å². The van der Waals surface area contributed by atoms with Crippen molar-refractivity contribution in [3.63, 3.8) is 0 Å². The second-order valence-corrected chi connectivity index (χ2v) is 7.70. The van der Waals surface area contributed by atoms with Gasteiger partial charge in [-0.15, -0.1) is 17.9 Å². The molecule has 6 heteroatoms. The maximum absolute atomic E-state index is 12.5. The van der Waals surface area contributed by atoms with Crippen LogP contribution in [0.2, 0.25) is 0 Å². The van der Waals surface area contributed by atoms with E-state index < -0.39 is 6.10 Å². The van der Waals surface area contributed by atoms with Crippen molar-refractivity contribution in [2.45, 2.75) is 51.2 Å². The number of fused-ring (bicyclic) bond motifs is 3. The fourth-order valence-electron chi connectivity index (χ4n) is 3.36. The molecule has 0 fully saturated rings. The zero-order chi connectivity index (χ0) is 17.1. The minimum Gasteiger partial charge on any atom is -0.392 e. The predicted molar refractivity (Wildman–Crippen MR) is 98.7 cm³/mol. The molecule has 0 aliphatic heterocycles. The number of aryl methyl sites for hydroxylation is 2. The van der Waals surface area contributed by atoms with Crippen LogP contribution in [-0.2, 0) is 19.4 Å². The number of H-pyrrole nitrogens is 1. The number of nitrogens with one attached hydrogen (secondary N) is 1. The second-order valence-electron chi connectivity index (χ2n) is 6.62. The lowest BCUT2D eigenvalue weighted by Gasteiger charge is -2.19. The molecule has 1 atom stereocenters. The van der Waals surface area contributed by atoms with Gasteiger partial charge in [-0.1, -0.05) is 6.08 Å². The zero-order valence-electron chi connectivity index (χ0n) is 14.2. The summed E-state index contributed by atoms with van der Waals surface area (Å²) in [6.07, 6.45) is 7.36. The van der Waals surface area contributed by atoms with Crippen LogP contribution in [0.25, 0.3) is 10.2 Å². The van der Waals surface area contributed by atoms with Gasteiger partial charge in [0, 0.05) is 11.4 Å². The van der Waals surface area contributed by atoms with Crippen LogP contribution >= 0.6 is 11.3 Å². The van der Waals surface area contributed by atoms with E-state index in [1.807, 2.05) is 18.0 Å². The molecule has 0 radical (unpaired) electrons. The molecule has 1 aliphatic carbocycles. The van der Waals surface area contributed by atoms with Gasteiger partial charge in [-0.05, 0) is 51.1 Å². The first-order valence-electron chi connectivity index (χ1n) is 8.59. The number of nitrogens with zero attached hydrogens (tertiary/aromatic N) is 2. The summed E-state index contributed by atoms with van der Waals surface area (Å²) in [5.41, 5.74) is 1.20. The van der Waals surface area contributed by atoms with Crippen molar-refractivity contribution in [1.29, 1.82) is 0 Å². The van der Waals surface area contributed by atoms with Gasteiger partial charge in [0.1, 0.15) is 10.7 Å². The quantitative estimate of drug-likeness (QED) is 0.756. The molecular weight excluding hydrogens is 322 g/mol. The van der Waals surface area contributed by atoms with Crippen LogP contribution in [0.5, 0.6) is 0 Å². The third-order valence-electron chi connectivity index (χ3n) is 4.52. The molecule has 2 N–H and O–H groups in total. The van der Waals surface area contributed by atoms with E-state index in [1.54, 1.807) is 11.3 Å². The average Bonchev–Trinajstić information content (AvgIpc) is 2.91. The number of hydrogen-bond acceptors (Lipinski definition) is 5. The first kappa shape index (κ1) is 17.3. The Labute approximate surface area is 146 Å². The van der Waals surface area contributed by atoms with Crippen molar-refractivity contribution in [3.05, 3.63) is 39.3 Å². The Morgan fingerprint density at radius 2 is 2.25 bits per heavy atom. The van der Waals surface area contributed by atoms with Gasteiger partial charge in [0.25, 0.3) is 5.56 Å². The van der Waals surface area contributed by atoms with Gasteiger partial charge in [0.15, 0.2) is 0 Å². The minimum atomic E-state index is -0.391. The smallest absolute Gasteiger partial charge is 0.259 e. The fourth-order valence-corrected chi connectivity index (χ4v) is 4.65. The number of aliphatic hydroxyl groups excluding tert-OH is 1. The van der Waals surface area contributed by atoms with E-state index in [4.69, 9.17) is 0 Å². The summed E-state index contributed by atoms with van der Waals surface area (Å²) >= 11 is 1.67. The van der Waals surface area contributed by atoms with Crippen molar-refractivity contribution < 1.29 is 5.11 Å². The number of allylic oxidation sites excluding steroid dienone is 1. The van der Waals surface area contributed by atoms with Crippen LogP contribution in [0.15, 0.2) is 17.4 Å². The maximum Gasteiger partial charge on any atom is 0.259 e. The van der Waals surface area contributed by atoms with Crippen molar-refractivity contribution in [3.8, 4) is 0 Å². The standard InChI is InChI=1S/C18H25N3O2S/c1-3-4-7-12(22)10-21(2)11-15-19-17(23)16-13-8-5-6-9-14(13)24-18(16)20-15/h3,12,22H,1,4-11H2,2H3,(H,19,20,23). The molecule has 3 rings (SSSR count). The SMILES string of the molecule is C=CCCC(O)CN(C)Cc1nc2sc3c(c2c(=O)[nH]1)CCCC3. The zero-order valence-corrected chi connectivity index (χ0v) is 15.0. The summed E-state index contributed by atoms with van der Waals surface area (Å²) in [5.74, 6) is 0.671. The highest BCUT2D eigenvalue weighted by molar-refractivity contribution is 7.18. The highest BCUT2D eigenvalue weighted by Gasteiger charge is 2.20. The highest BCUT2D eigenvalue weighted by Crippen LogP contribution is 2.33. The van der Waals surface area contributed by atoms with Crippen molar-refractivity contribution >= 4 is 21.6 Å². The third kappa shape index (κ3) is 3.77. The van der Waals surface area contributed by atoms with E-state index in [1.165, 1.54) is 16.9 Å². The van der Waals surface area contributed by atoms with Crippen molar-refractivity contribution in [1.82, 2.24) is 14.9 Å². The van der Waals surface area contributed by atoms with E-state index in [2.05, 4.69) is 16.5 Å². The second kappa shape index (κ2) is 7.59. The number of aromatic amines is 1. The lowest BCUT2D eigenvalue weighted by Crippen LogP contribution is -2.30. The molecule has 0 saturated heterocycles.